The molecule has 0 aliphatic carbocycles. The topological polar surface area (TPSA) is 71.7 Å². The highest BCUT2D eigenvalue weighted by molar-refractivity contribution is 5.75. The van der Waals surface area contributed by atoms with Crippen LogP contribution in [0.5, 0.6) is 0 Å². The molecule has 1 aromatic heterocycles. The molecule has 40 heavy (non-hydrogen) atoms. The summed E-state index contributed by atoms with van der Waals surface area (Å²) < 4.78 is 28.9. The summed E-state index contributed by atoms with van der Waals surface area (Å²) in [5, 5.41) is 3.23. The summed E-state index contributed by atoms with van der Waals surface area (Å²) in [6, 6.07) is 16.4. The standard InChI is InChI=1S/C31H37F2N5O2/c1-31(2)20-36(15-16-37(31)19-22-9-12-27(35-29(22)39)21-7-5-4-6-8-21)30(40)38-14-13-24(34-3)18-28(38)25-17-23(32)10-11-26(25)33/h4-12,17,24,28,34H,13-16,18-20H2,1-3H3,(H,35,39)/t24-,28+/m1/s1. The lowest BCUT2D eigenvalue weighted by Gasteiger charge is -2.49. The molecule has 5 rings (SSSR count). The molecule has 2 aliphatic rings. The quantitative estimate of drug-likeness (QED) is 0.482. The van der Waals surface area contributed by atoms with Gasteiger partial charge in [0.15, 0.2) is 0 Å². The van der Waals surface area contributed by atoms with Gasteiger partial charge in [0.2, 0.25) is 0 Å². The third kappa shape index (κ3) is 5.81. The van der Waals surface area contributed by atoms with E-state index in [4.69, 9.17) is 0 Å². The van der Waals surface area contributed by atoms with Crippen molar-refractivity contribution in [1.82, 2.24) is 25.0 Å². The van der Waals surface area contributed by atoms with Crippen LogP contribution in [-0.2, 0) is 6.54 Å². The lowest BCUT2D eigenvalue weighted by Crippen LogP contribution is -2.62. The summed E-state index contributed by atoms with van der Waals surface area (Å²) in [4.78, 5) is 35.5. The van der Waals surface area contributed by atoms with Crippen molar-refractivity contribution in [3.63, 3.8) is 0 Å². The minimum Gasteiger partial charge on any atom is -0.322 e. The predicted octanol–water partition coefficient (Wildman–Crippen LogP) is 4.76. The molecule has 212 valence electrons. The van der Waals surface area contributed by atoms with E-state index in [0.717, 1.165) is 29.8 Å². The molecule has 3 heterocycles. The number of amides is 2. The number of likely N-dealkylation sites (tertiary alicyclic amines) is 1. The minimum absolute atomic E-state index is 0.108. The molecule has 2 fully saturated rings. The lowest BCUT2D eigenvalue weighted by atomic mass is 9.91. The molecule has 3 aromatic rings. The van der Waals surface area contributed by atoms with Gasteiger partial charge in [0.1, 0.15) is 11.6 Å². The zero-order valence-electron chi connectivity index (χ0n) is 23.3. The van der Waals surface area contributed by atoms with E-state index in [2.05, 4.69) is 29.0 Å². The van der Waals surface area contributed by atoms with Crippen LogP contribution in [0.2, 0.25) is 0 Å². The molecule has 2 aliphatic heterocycles. The van der Waals surface area contributed by atoms with E-state index in [1.165, 1.54) is 6.07 Å². The number of aromatic nitrogens is 1. The van der Waals surface area contributed by atoms with Gasteiger partial charge >= 0.3 is 6.03 Å². The molecule has 2 atom stereocenters. The number of benzene rings is 2. The zero-order valence-corrected chi connectivity index (χ0v) is 23.3. The van der Waals surface area contributed by atoms with Crippen molar-refractivity contribution in [2.45, 2.75) is 50.9 Å². The summed E-state index contributed by atoms with van der Waals surface area (Å²) >= 11 is 0. The summed E-state index contributed by atoms with van der Waals surface area (Å²) in [5.41, 5.74) is 2.08. The number of hydrogen-bond acceptors (Lipinski definition) is 4. The summed E-state index contributed by atoms with van der Waals surface area (Å²) in [6.45, 7) is 6.57. The molecule has 9 heteroatoms. The number of halogens is 2. The number of carbonyl (C=O) groups excluding carboxylic acids is 1. The maximum atomic E-state index is 14.8. The monoisotopic (exact) mass is 549 g/mol. The van der Waals surface area contributed by atoms with Crippen LogP contribution < -0.4 is 10.9 Å². The Kier molecular flexibility index (Phi) is 8.05. The van der Waals surface area contributed by atoms with Crippen LogP contribution >= 0.6 is 0 Å². The molecule has 0 unspecified atom stereocenters. The molecule has 7 nitrogen and oxygen atoms in total. The van der Waals surface area contributed by atoms with E-state index < -0.39 is 23.2 Å². The molecular formula is C31H37F2N5O2. The van der Waals surface area contributed by atoms with Crippen molar-refractivity contribution in [3.8, 4) is 11.3 Å². The summed E-state index contributed by atoms with van der Waals surface area (Å²) in [6.07, 6.45) is 1.24. The number of nitrogens with one attached hydrogen (secondary N) is 2. The Balaban J connectivity index is 1.30. The van der Waals surface area contributed by atoms with Crippen LogP contribution in [0.25, 0.3) is 11.3 Å². The highest BCUT2D eigenvalue weighted by Crippen LogP contribution is 2.35. The first kappa shape index (κ1) is 28.0. The van der Waals surface area contributed by atoms with Crippen molar-refractivity contribution in [1.29, 1.82) is 0 Å². The molecule has 2 aromatic carbocycles. The van der Waals surface area contributed by atoms with Gasteiger partial charge in [-0.2, -0.15) is 0 Å². The number of urea groups is 1. The van der Waals surface area contributed by atoms with Crippen LogP contribution in [0.3, 0.4) is 0 Å². The van der Waals surface area contributed by atoms with Gasteiger partial charge in [-0.05, 0) is 63.6 Å². The van der Waals surface area contributed by atoms with Gasteiger partial charge in [0.05, 0.1) is 6.04 Å². The smallest absolute Gasteiger partial charge is 0.320 e. The van der Waals surface area contributed by atoms with Crippen LogP contribution in [0.15, 0.2) is 65.5 Å². The second kappa shape index (κ2) is 11.5. The van der Waals surface area contributed by atoms with Gasteiger partial charge in [-0.1, -0.05) is 36.4 Å². The van der Waals surface area contributed by atoms with Gasteiger partial charge in [-0.3, -0.25) is 9.69 Å². The Hall–Kier alpha value is -3.56. The normalized spacial score (nSPS) is 21.4. The fraction of sp³-hybridized carbons (Fsp3) is 0.419. The van der Waals surface area contributed by atoms with E-state index in [1.54, 1.807) is 4.90 Å². The van der Waals surface area contributed by atoms with E-state index in [9.17, 15) is 18.4 Å². The van der Waals surface area contributed by atoms with Crippen molar-refractivity contribution in [2.75, 3.05) is 33.2 Å². The average Bonchev–Trinajstić information content (AvgIpc) is 2.95. The Morgan fingerprint density at radius 3 is 2.52 bits per heavy atom. The average molecular weight is 550 g/mol. The predicted molar refractivity (Wildman–Crippen MR) is 152 cm³/mol. The molecule has 2 saturated heterocycles. The molecule has 0 bridgehead atoms. The summed E-state index contributed by atoms with van der Waals surface area (Å²) in [5.74, 6) is -1.02. The number of piperazine rings is 1. The summed E-state index contributed by atoms with van der Waals surface area (Å²) in [7, 11) is 1.85. The maximum Gasteiger partial charge on any atom is 0.320 e. The number of pyridine rings is 1. The first-order valence-corrected chi connectivity index (χ1v) is 13.9. The van der Waals surface area contributed by atoms with E-state index >= 15 is 0 Å². The number of nitrogens with zero attached hydrogens (tertiary/aromatic N) is 3. The number of H-pyrrole nitrogens is 1. The first-order valence-electron chi connectivity index (χ1n) is 13.9. The van der Waals surface area contributed by atoms with E-state index in [1.807, 2.05) is 54.4 Å². The second-order valence-corrected chi connectivity index (χ2v) is 11.4. The van der Waals surface area contributed by atoms with E-state index in [-0.39, 0.29) is 23.2 Å². The highest BCUT2D eigenvalue weighted by atomic mass is 19.1. The van der Waals surface area contributed by atoms with Gasteiger partial charge in [-0.25, -0.2) is 13.6 Å². The lowest BCUT2D eigenvalue weighted by molar-refractivity contribution is 0.0142. The minimum atomic E-state index is -0.558. The Morgan fingerprint density at radius 2 is 1.82 bits per heavy atom. The fourth-order valence-corrected chi connectivity index (χ4v) is 5.97. The third-order valence-corrected chi connectivity index (χ3v) is 8.35. The Morgan fingerprint density at radius 1 is 1.05 bits per heavy atom. The number of carbonyl (C=O) groups is 1. The van der Waals surface area contributed by atoms with Crippen molar-refractivity contribution in [3.05, 3.63) is 93.8 Å². The molecule has 2 amide bonds. The van der Waals surface area contributed by atoms with Gasteiger partial charge < -0.3 is 20.1 Å². The maximum absolute atomic E-state index is 14.8. The van der Waals surface area contributed by atoms with Gasteiger partial charge in [0, 0.05) is 61.1 Å². The highest BCUT2D eigenvalue weighted by Gasteiger charge is 2.41. The molecule has 0 saturated carbocycles. The molecule has 0 spiro atoms. The first-order chi connectivity index (χ1) is 19.2. The number of aromatic amines is 1. The third-order valence-electron chi connectivity index (χ3n) is 8.35. The van der Waals surface area contributed by atoms with Crippen molar-refractivity contribution in [2.24, 2.45) is 0 Å². The SMILES string of the molecule is CN[C@@H]1CCN(C(=O)N2CCN(Cc3ccc(-c4ccccc4)[nH]c3=O)C(C)(C)C2)[C@H](c2cc(F)ccc2F)C1. The van der Waals surface area contributed by atoms with Crippen molar-refractivity contribution >= 4 is 6.03 Å². The molecular weight excluding hydrogens is 512 g/mol. The van der Waals surface area contributed by atoms with Crippen LogP contribution in [0, 0.1) is 11.6 Å². The number of hydrogen-bond donors (Lipinski definition) is 2. The largest absolute Gasteiger partial charge is 0.322 e. The van der Waals surface area contributed by atoms with Crippen LogP contribution in [-0.4, -0.2) is 70.5 Å². The Labute approximate surface area is 233 Å². The van der Waals surface area contributed by atoms with Crippen LogP contribution in [0.4, 0.5) is 13.6 Å². The fourth-order valence-electron chi connectivity index (χ4n) is 5.97. The van der Waals surface area contributed by atoms with Crippen LogP contribution in [0.1, 0.15) is 43.9 Å². The zero-order chi connectivity index (χ0) is 28.4. The molecule has 0 radical (unpaired) electrons. The molecule has 2 N–H and O–H groups in total. The number of rotatable bonds is 5. The Bertz CT molecular complexity index is 1410. The van der Waals surface area contributed by atoms with E-state index in [0.29, 0.717) is 44.7 Å². The second-order valence-electron chi connectivity index (χ2n) is 11.4. The van der Waals surface area contributed by atoms with Gasteiger partial charge in [-0.15, -0.1) is 0 Å². The van der Waals surface area contributed by atoms with Gasteiger partial charge in [0.25, 0.3) is 5.56 Å². The van der Waals surface area contributed by atoms with Crippen molar-refractivity contribution < 1.29 is 13.6 Å². The number of piperidine rings is 1.